The summed E-state index contributed by atoms with van der Waals surface area (Å²) in [5.74, 6) is 0.971. The molecule has 2 rings (SSSR count). The smallest absolute Gasteiger partial charge is 0.140 e. The molecular weight excluding hydrogens is 248 g/mol. The molecule has 0 saturated carbocycles. The van der Waals surface area contributed by atoms with Crippen LogP contribution in [0.15, 0.2) is 30.6 Å². The van der Waals surface area contributed by atoms with E-state index in [4.69, 9.17) is 11.6 Å². The summed E-state index contributed by atoms with van der Waals surface area (Å²) >= 11 is 5.94. The van der Waals surface area contributed by atoms with Crippen LogP contribution in [0.4, 0.5) is 0 Å². The number of rotatable bonds is 6. The van der Waals surface area contributed by atoms with Crippen LogP contribution < -0.4 is 5.32 Å². The van der Waals surface area contributed by atoms with Crippen molar-refractivity contribution < 1.29 is 0 Å². The van der Waals surface area contributed by atoms with Gasteiger partial charge < -0.3 is 5.32 Å². The molecule has 1 aromatic heterocycles. The third-order valence-electron chi connectivity index (χ3n) is 2.63. The lowest BCUT2D eigenvalue weighted by molar-refractivity contribution is 0.542. The third-order valence-corrected chi connectivity index (χ3v) is 2.87. The molecular formula is C13H17ClN4. The van der Waals surface area contributed by atoms with Crippen molar-refractivity contribution >= 4 is 11.6 Å². The fraction of sp³-hybridized carbons (Fsp3) is 0.385. The predicted octanol–water partition coefficient (Wildman–Crippen LogP) is 2.63. The highest BCUT2D eigenvalue weighted by molar-refractivity contribution is 6.30. The fourth-order valence-corrected chi connectivity index (χ4v) is 2.00. The van der Waals surface area contributed by atoms with E-state index in [1.54, 1.807) is 6.33 Å². The van der Waals surface area contributed by atoms with E-state index in [2.05, 4.69) is 28.4 Å². The average Bonchev–Trinajstić information content (AvgIpc) is 2.78. The first-order valence-electron chi connectivity index (χ1n) is 6.11. The van der Waals surface area contributed by atoms with Crippen molar-refractivity contribution in [2.75, 3.05) is 0 Å². The van der Waals surface area contributed by atoms with Crippen LogP contribution in [0.5, 0.6) is 0 Å². The number of nitrogens with one attached hydrogen (secondary N) is 1. The third kappa shape index (κ3) is 3.55. The molecule has 0 radical (unpaired) electrons. The van der Waals surface area contributed by atoms with Gasteiger partial charge in [-0.2, -0.15) is 5.10 Å². The molecule has 0 fully saturated rings. The summed E-state index contributed by atoms with van der Waals surface area (Å²) in [6.45, 7) is 4.53. The number of aryl methyl sites for hydroxylation is 1. The second kappa shape index (κ2) is 6.52. The molecule has 0 aliphatic heterocycles. The van der Waals surface area contributed by atoms with Gasteiger partial charge in [-0.05, 0) is 24.1 Å². The monoisotopic (exact) mass is 264 g/mol. The first-order valence-corrected chi connectivity index (χ1v) is 6.49. The Bertz CT molecular complexity index is 495. The minimum atomic E-state index is 0.715. The van der Waals surface area contributed by atoms with Gasteiger partial charge in [0.15, 0.2) is 0 Å². The molecule has 1 N–H and O–H groups in total. The largest absolute Gasteiger partial charge is 0.306 e. The Hall–Kier alpha value is -1.39. The molecule has 96 valence electrons. The maximum atomic E-state index is 5.94. The summed E-state index contributed by atoms with van der Waals surface area (Å²) in [5.41, 5.74) is 1.17. The van der Waals surface area contributed by atoms with Crippen molar-refractivity contribution in [1.82, 2.24) is 20.1 Å². The number of hydrogen-bond acceptors (Lipinski definition) is 3. The van der Waals surface area contributed by atoms with Crippen molar-refractivity contribution in [2.45, 2.75) is 33.0 Å². The molecule has 5 heteroatoms. The molecule has 0 amide bonds. The molecule has 0 unspecified atom stereocenters. The van der Waals surface area contributed by atoms with Crippen molar-refractivity contribution in [3.05, 3.63) is 47.0 Å². The zero-order chi connectivity index (χ0) is 12.8. The number of benzene rings is 1. The molecule has 0 atom stereocenters. The molecule has 4 nitrogen and oxygen atoms in total. The minimum absolute atomic E-state index is 0.715. The lowest BCUT2D eigenvalue weighted by atomic mass is 10.2. The van der Waals surface area contributed by atoms with E-state index in [9.17, 15) is 0 Å². The first-order chi connectivity index (χ1) is 8.79. The van der Waals surface area contributed by atoms with Crippen LogP contribution in [0, 0.1) is 0 Å². The first kappa shape index (κ1) is 13.1. The van der Waals surface area contributed by atoms with Gasteiger partial charge in [0, 0.05) is 18.1 Å². The summed E-state index contributed by atoms with van der Waals surface area (Å²) in [6, 6.07) is 7.85. The normalized spacial score (nSPS) is 10.8. The lowest BCUT2D eigenvalue weighted by Gasteiger charge is -2.06. The highest BCUT2D eigenvalue weighted by Gasteiger charge is 2.02. The van der Waals surface area contributed by atoms with Crippen LogP contribution in [0.3, 0.4) is 0 Å². The summed E-state index contributed by atoms with van der Waals surface area (Å²) in [4.78, 5) is 4.25. The van der Waals surface area contributed by atoms with E-state index >= 15 is 0 Å². The molecule has 1 heterocycles. The highest BCUT2D eigenvalue weighted by atomic mass is 35.5. The van der Waals surface area contributed by atoms with Gasteiger partial charge in [-0.1, -0.05) is 30.7 Å². The maximum Gasteiger partial charge on any atom is 0.140 e. The summed E-state index contributed by atoms with van der Waals surface area (Å²) < 4.78 is 1.94. The molecule has 0 aliphatic carbocycles. The van der Waals surface area contributed by atoms with Gasteiger partial charge in [-0.15, -0.1) is 0 Å². The van der Waals surface area contributed by atoms with Crippen LogP contribution in [0.1, 0.15) is 24.7 Å². The summed E-state index contributed by atoms with van der Waals surface area (Å²) in [7, 11) is 0. The van der Waals surface area contributed by atoms with Crippen molar-refractivity contribution in [2.24, 2.45) is 0 Å². The van der Waals surface area contributed by atoms with E-state index in [-0.39, 0.29) is 0 Å². The molecule has 18 heavy (non-hydrogen) atoms. The summed E-state index contributed by atoms with van der Waals surface area (Å²) in [5, 5.41) is 8.31. The van der Waals surface area contributed by atoms with Gasteiger partial charge in [0.2, 0.25) is 0 Å². The Morgan fingerprint density at radius 1 is 1.33 bits per heavy atom. The molecule has 0 saturated heterocycles. The van der Waals surface area contributed by atoms with Crippen LogP contribution in [0.2, 0.25) is 5.02 Å². The van der Waals surface area contributed by atoms with Crippen molar-refractivity contribution in [3.8, 4) is 0 Å². The zero-order valence-electron chi connectivity index (χ0n) is 10.4. The molecule has 2 aromatic rings. The van der Waals surface area contributed by atoms with Gasteiger partial charge in [0.05, 0.1) is 6.54 Å². The van der Waals surface area contributed by atoms with E-state index in [0.717, 1.165) is 30.4 Å². The Kier molecular flexibility index (Phi) is 4.73. The maximum absolute atomic E-state index is 5.94. The molecule has 0 spiro atoms. The number of nitrogens with zero attached hydrogens (tertiary/aromatic N) is 3. The second-order valence-corrected chi connectivity index (χ2v) is 4.57. The van der Waals surface area contributed by atoms with Crippen LogP contribution >= 0.6 is 11.6 Å². The molecule has 0 aliphatic rings. The highest BCUT2D eigenvalue weighted by Crippen LogP contribution is 2.10. The zero-order valence-corrected chi connectivity index (χ0v) is 11.2. The predicted molar refractivity (Wildman–Crippen MR) is 72.3 cm³/mol. The van der Waals surface area contributed by atoms with Crippen LogP contribution in [-0.2, 0) is 19.6 Å². The van der Waals surface area contributed by atoms with Crippen LogP contribution in [0.25, 0.3) is 0 Å². The van der Waals surface area contributed by atoms with E-state index in [1.165, 1.54) is 5.56 Å². The molecule has 0 bridgehead atoms. The topological polar surface area (TPSA) is 42.7 Å². The number of halogens is 1. The quantitative estimate of drug-likeness (QED) is 0.872. The van der Waals surface area contributed by atoms with Gasteiger partial charge in [-0.3, -0.25) is 0 Å². The van der Waals surface area contributed by atoms with E-state index in [1.807, 2.05) is 22.9 Å². The van der Waals surface area contributed by atoms with Gasteiger partial charge in [0.25, 0.3) is 0 Å². The SMILES string of the molecule is CCCn1ncnc1CNCc1cccc(Cl)c1. The average molecular weight is 265 g/mol. The van der Waals surface area contributed by atoms with Gasteiger partial charge in [0.1, 0.15) is 12.2 Å². The Morgan fingerprint density at radius 2 is 2.22 bits per heavy atom. The van der Waals surface area contributed by atoms with Crippen molar-refractivity contribution in [3.63, 3.8) is 0 Å². The van der Waals surface area contributed by atoms with Crippen LogP contribution in [-0.4, -0.2) is 14.8 Å². The van der Waals surface area contributed by atoms with E-state index in [0.29, 0.717) is 6.54 Å². The number of hydrogen-bond donors (Lipinski definition) is 1. The Morgan fingerprint density at radius 3 is 3.00 bits per heavy atom. The Labute approximate surface area is 112 Å². The van der Waals surface area contributed by atoms with Gasteiger partial charge >= 0.3 is 0 Å². The summed E-state index contributed by atoms with van der Waals surface area (Å²) in [6.07, 6.45) is 2.66. The van der Waals surface area contributed by atoms with E-state index < -0.39 is 0 Å². The lowest BCUT2D eigenvalue weighted by Crippen LogP contribution is -2.17. The number of aromatic nitrogens is 3. The second-order valence-electron chi connectivity index (χ2n) is 4.13. The van der Waals surface area contributed by atoms with Crippen molar-refractivity contribution in [1.29, 1.82) is 0 Å². The fourth-order valence-electron chi connectivity index (χ4n) is 1.79. The molecule has 1 aromatic carbocycles. The minimum Gasteiger partial charge on any atom is -0.306 e. The standard InChI is InChI=1S/C13H17ClN4/c1-2-6-18-13(16-10-17-18)9-15-8-11-4-3-5-12(14)7-11/h3-5,7,10,15H,2,6,8-9H2,1H3. The Balaban J connectivity index is 1.86. The van der Waals surface area contributed by atoms with Gasteiger partial charge in [-0.25, -0.2) is 9.67 Å².